The van der Waals surface area contributed by atoms with Gasteiger partial charge in [0, 0.05) is 0 Å². The average Bonchev–Trinajstić information content (AvgIpc) is 3.05. The minimum Gasteiger partial charge on any atom is -0.0885 e. The summed E-state index contributed by atoms with van der Waals surface area (Å²) in [6.07, 6.45) is 17.5. The third-order valence-electron chi connectivity index (χ3n) is 3.62. The van der Waals surface area contributed by atoms with Gasteiger partial charge in [0.2, 0.25) is 0 Å². The summed E-state index contributed by atoms with van der Waals surface area (Å²) in [5.74, 6) is 2.03. The maximum atomic E-state index is 2.40. The Morgan fingerprint density at radius 1 is 1.13 bits per heavy atom. The highest BCUT2D eigenvalue weighted by Crippen LogP contribution is 2.33. The van der Waals surface area contributed by atoms with E-state index in [1.165, 1.54) is 57.8 Å². The molecule has 1 saturated carbocycles. The summed E-state index contributed by atoms with van der Waals surface area (Å²) in [5, 5.41) is 0. The molecule has 88 valence electrons. The van der Waals surface area contributed by atoms with Crippen LogP contribution in [0.1, 0.15) is 71.6 Å². The Labute approximate surface area is 96.2 Å². The Morgan fingerprint density at radius 2 is 1.87 bits per heavy atom. The Morgan fingerprint density at radius 3 is 2.53 bits per heavy atom. The molecule has 1 unspecified atom stereocenters. The topological polar surface area (TPSA) is 0 Å². The average molecular weight is 208 g/mol. The highest BCUT2D eigenvalue weighted by atomic mass is 14.2. The molecule has 0 N–H and O–H groups in total. The molecule has 0 aromatic heterocycles. The first-order valence-corrected chi connectivity index (χ1v) is 6.98. The smallest absolute Gasteiger partial charge is 0.0348 e. The fourth-order valence-electron chi connectivity index (χ4n) is 1.92. The van der Waals surface area contributed by atoms with Gasteiger partial charge >= 0.3 is 0 Å². The van der Waals surface area contributed by atoms with Crippen LogP contribution in [0.25, 0.3) is 0 Å². The SMILES string of the molecule is CCC(C)CCC=CCCCCC1CC1. The van der Waals surface area contributed by atoms with Crippen LogP contribution in [-0.4, -0.2) is 0 Å². The molecule has 0 spiro atoms. The van der Waals surface area contributed by atoms with Crippen molar-refractivity contribution in [3.63, 3.8) is 0 Å². The second kappa shape index (κ2) is 7.96. The fraction of sp³-hybridized carbons (Fsp3) is 0.867. The van der Waals surface area contributed by atoms with E-state index in [4.69, 9.17) is 0 Å². The third-order valence-corrected chi connectivity index (χ3v) is 3.62. The molecule has 1 aliphatic rings. The minimum atomic E-state index is 0.907. The van der Waals surface area contributed by atoms with Crippen molar-refractivity contribution in [2.24, 2.45) is 11.8 Å². The first-order chi connectivity index (χ1) is 7.33. The van der Waals surface area contributed by atoms with E-state index in [2.05, 4.69) is 26.0 Å². The Kier molecular flexibility index (Phi) is 6.80. The van der Waals surface area contributed by atoms with E-state index < -0.39 is 0 Å². The molecule has 0 amide bonds. The maximum Gasteiger partial charge on any atom is -0.0348 e. The van der Waals surface area contributed by atoms with Crippen LogP contribution >= 0.6 is 0 Å². The largest absolute Gasteiger partial charge is 0.0885 e. The van der Waals surface area contributed by atoms with Crippen molar-refractivity contribution in [1.82, 2.24) is 0 Å². The van der Waals surface area contributed by atoms with E-state index in [-0.39, 0.29) is 0 Å². The van der Waals surface area contributed by atoms with Gasteiger partial charge in [0.05, 0.1) is 0 Å². The van der Waals surface area contributed by atoms with Gasteiger partial charge in [0.25, 0.3) is 0 Å². The van der Waals surface area contributed by atoms with Crippen molar-refractivity contribution < 1.29 is 0 Å². The van der Waals surface area contributed by atoms with E-state index in [0.29, 0.717) is 0 Å². The lowest BCUT2D eigenvalue weighted by atomic mass is 10.0. The summed E-state index contributed by atoms with van der Waals surface area (Å²) in [6, 6.07) is 0. The lowest BCUT2D eigenvalue weighted by Gasteiger charge is -2.04. The number of hydrogen-bond donors (Lipinski definition) is 0. The normalized spacial score (nSPS) is 18.5. The predicted molar refractivity (Wildman–Crippen MR) is 69.0 cm³/mol. The van der Waals surface area contributed by atoms with E-state index in [9.17, 15) is 0 Å². The van der Waals surface area contributed by atoms with Gasteiger partial charge in [-0.15, -0.1) is 0 Å². The Balaban J connectivity index is 1.79. The third kappa shape index (κ3) is 7.64. The molecule has 0 heteroatoms. The van der Waals surface area contributed by atoms with Gasteiger partial charge in [-0.3, -0.25) is 0 Å². The second-order valence-electron chi connectivity index (χ2n) is 5.29. The van der Waals surface area contributed by atoms with Crippen molar-refractivity contribution in [3.8, 4) is 0 Å². The van der Waals surface area contributed by atoms with Crippen LogP contribution in [-0.2, 0) is 0 Å². The zero-order valence-corrected chi connectivity index (χ0v) is 10.7. The summed E-state index contributed by atoms with van der Waals surface area (Å²) in [6.45, 7) is 4.63. The number of allylic oxidation sites excluding steroid dienone is 2. The van der Waals surface area contributed by atoms with Crippen LogP contribution < -0.4 is 0 Å². The second-order valence-corrected chi connectivity index (χ2v) is 5.29. The van der Waals surface area contributed by atoms with Gasteiger partial charge in [-0.05, 0) is 37.5 Å². The van der Waals surface area contributed by atoms with Crippen LogP contribution in [0.4, 0.5) is 0 Å². The van der Waals surface area contributed by atoms with Gasteiger partial charge in [-0.25, -0.2) is 0 Å². The number of unbranched alkanes of at least 4 members (excludes halogenated alkanes) is 2. The molecule has 0 nitrogen and oxygen atoms in total. The minimum absolute atomic E-state index is 0.907. The van der Waals surface area contributed by atoms with Crippen LogP contribution in [0.5, 0.6) is 0 Å². The van der Waals surface area contributed by atoms with Gasteiger partial charge in [0.1, 0.15) is 0 Å². The molecule has 1 atom stereocenters. The predicted octanol–water partition coefficient (Wildman–Crippen LogP) is 5.34. The molecule has 0 radical (unpaired) electrons. The zero-order chi connectivity index (χ0) is 10.9. The van der Waals surface area contributed by atoms with Gasteiger partial charge in [-0.2, -0.15) is 0 Å². The highest BCUT2D eigenvalue weighted by Gasteiger charge is 2.19. The van der Waals surface area contributed by atoms with Gasteiger partial charge in [0.15, 0.2) is 0 Å². The number of rotatable bonds is 9. The zero-order valence-electron chi connectivity index (χ0n) is 10.7. The lowest BCUT2D eigenvalue weighted by Crippen LogP contribution is -1.89. The molecule has 0 aromatic carbocycles. The van der Waals surface area contributed by atoms with Crippen LogP contribution in [0.2, 0.25) is 0 Å². The van der Waals surface area contributed by atoms with Crippen molar-refractivity contribution in [2.45, 2.75) is 71.6 Å². The van der Waals surface area contributed by atoms with Crippen LogP contribution in [0.3, 0.4) is 0 Å². The standard InChI is InChI=1S/C15H28/c1-3-14(2)10-8-6-4-5-7-9-11-15-12-13-15/h4,6,14-15H,3,5,7-13H2,1-2H3. The molecule has 0 heterocycles. The molecule has 1 fully saturated rings. The Bertz CT molecular complexity index is 165. The molecular weight excluding hydrogens is 180 g/mol. The maximum absolute atomic E-state index is 2.40. The molecule has 15 heavy (non-hydrogen) atoms. The first-order valence-electron chi connectivity index (χ1n) is 6.98. The number of hydrogen-bond acceptors (Lipinski definition) is 0. The van der Waals surface area contributed by atoms with E-state index in [1.54, 1.807) is 0 Å². The molecule has 0 bridgehead atoms. The fourth-order valence-corrected chi connectivity index (χ4v) is 1.92. The van der Waals surface area contributed by atoms with Crippen molar-refractivity contribution in [2.75, 3.05) is 0 Å². The van der Waals surface area contributed by atoms with E-state index in [0.717, 1.165) is 11.8 Å². The van der Waals surface area contributed by atoms with Crippen LogP contribution in [0.15, 0.2) is 12.2 Å². The summed E-state index contributed by atoms with van der Waals surface area (Å²) >= 11 is 0. The van der Waals surface area contributed by atoms with Gasteiger partial charge < -0.3 is 0 Å². The summed E-state index contributed by atoms with van der Waals surface area (Å²) in [4.78, 5) is 0. The Hall–Kier alpha value is -0.260. The lowest BCUT2D eigenvalue weighted by molar-refractivity contribution is 0.521. The molecule has 0 saturated heterocycles. The van der Waals surface area contributed by atoms with E-state index >= 15 is 0 Å². The summed E-state index contributed by atoms with van der Waals surface area (Å²) in [5.41, 5.74) is 0. The monoisotopic (exact) mass is 208 g/mol. The van der Waals surface area contributed by atoms with Gasteiger partial charge in [-0.1, -0.05) is 58.1 Å². The van der Waals surface area contributed by atoms with E-state index in [1.807, 2.05) is 0 Å². The summed E-state index contributed by atoms with van der Waals surface area (Å²) < 4.78 is 0. The van der Waals surface area contributed by atoms with Crippen LogP contribution in [0, 0.1) is 11.8 Å². The molecule has 1 rings (SSSR count). The van der Waals surface area contributed by atoms with Crippen molar-refractivity contribution in [1.29, 1.82) is 0 Å². The first kappa shape index (κ1) is 12.8. The molecular formula is C15H28. The molecule has 0 aliphatic heterocycles. The van der Waals surface area contributed by atoms with Crippen molar-refractivity contribution in [3.05, 3.63) is 12.2 Å². The highest BCUT2D eigenvalue weighted by molar-refractivity contribution is 4.82. The van der Waals surface area contributed by atoms with Crippen molar-refractivity contribution >= 4 is 0 Å². The quantitative estimate of drug-likeness (QED) is 0.354. The summed E-state index contributed by atoms with van der Waals surface area (Å²) in [7, 11) is 0. The molecule has 0 aromatic rings. The molecule has 1 aliphatic carbocycles.